The van der Waals surface area contributed by atoms with Crippen molar-refractivity contribution in [3.8, 4) is 5.69 Å². The molecule has 0 aliphatic heterocycles. The lowest BCUT2D eigenvalue weighted by molar-refractivity contribution is 0.0947. The van der Waals surface area contributed by atoms with E-state index in [1.54, 1.807) is 17.6 Å². The molecule has 3 aromatic heterocycles. The summed E-state index contributed by atoms with van der Waals surface area (Å²) in [5.41, 5.74) is 6.61. The second-order valence-corrected chi connectivity index (χ2v) is 13.5. The van der Waals surface area contributed by atoms with Crippen LogP contribution in [0.25, 0.3) is 5.69 Å². The molecule has 7 heteroatoms. The van der Waals surface area contributed by atoms with Crippen molar-refractivity contribution in [3.05, 3.63) is 91.0 Å². The van der Waals surface area contributed by atoms with Crippen LogP contribution in [0.4, 0.5) is 5.00 Å². The van der Waals surface area contributed by atoms with Gasteiger partial charge in [0.15, 0.2) is 0 Å². The van der Waals surface area contributed by atoms with Crippen LogP contribution in [0.2, 0.25) is 0 Å². The van der Waals surface area contributed by atoms with E-state index in [-0.39, 0.29) is 11.3 Å². The van der Waals surface area contributed by atoms with Crippen molar-refractivity contribution in [2.24, 2.45) is 16.3 Å². The molecule has 5 nitrogen and oxygen atoms in total. The highest BCUT2D eigenvalue weighted by Crippen LogP contribution is 2.45. The number of hydrogen-bond donors (Lipinski definition) is 1. The highest BCUT2D eigenvalue weighted by atomic mass is 127. The van der Waals surface area contributed by atoms with Crippen LogP contribution in [0.15, 0.2) is 58.1 Å². The van der Waals surface area contributed by atoms with Crippen LogP contribution in [0, 0.1) is 28.8 Å². The van der Waals surface area contributed by atoms with Crippen molar-refractivity contribution in [3.63, 3.8) is 0 Å². The Kier molecular flexibility index (Phi) is 7.69. The number of carbonyl (C=O) groups is 1. The number of nitrogens with one attached hydrogen (secondary N) is 1. The molecule has 1 N–H and O–H groups in total. The van der Waals surface area contributed by atoms with E-state index < -0.39 is 0 Å². The molecular weight excluding hydrogens is 605 g/mol. The number of fused-ring (bicyclic) bond motifs is 1. The van der Waals surface area contributed by atoms with Gasteiger partial charge >= 0.3 is 0 Å². The summed E-state index contributed by atoms with van der Waals surface area (Å²) in [5, 5.41) is 3.86. The number of benzene rings is 1. The number of thiophene rings is 1. The number of nitrogens with zero attached hydrogens (tertiary/aromatic N) is 2. The topological polar surface area (TPSA) is 59.5 Å². The van der Waals surface area contributed by atoms with Crippen LogP contribution in [0.1, 0.15) is 70.7 Å². The molecule has 0 bridgehead atoms. The van der Waals surface area contributed by atoms with Gasteiger partial charge < -0.3 is 14.3 Å². The Hall–Kier alpha value is -2.65. The SMILES string of the molecule is Cc1cc(C=Nc2sc3c(c2C(=O)NCc2ccco2)CC[C@H](C(C)(C)C)C3)c(C)n1-c1ccc(I)cc1. The minimum absolute atomic E-state index is 0.0791. The average Bonchev–Trinajstić information content (AvgIpc) is 3.59. The molecule has 198 valence electrons. The zero-order valence-electron chi connectivity index (χ0n) is 22.6. The maximum Gasteiger partial charge on any atom is 0.255 e. The van der Waals surface area contributed by atoms with E-state index in [0.29, 0.717) is 12.5 Å². The van der Waals surface area contributed by atoms with Crippen LogP contribution in [0.3, 0.4) is 0 Å². The predicted octanol–water partition coefficient (Wildman–Crippen LogP) is 8.18. The predicted molar refractivity (Wildman–Crippen MR) is 164 cm³/mol. The van der Waals surface area contributed by atoms with Gasteiger partial charge in [-0.25, -0.2) is 4.99 Å². The Morgan fingerprint density at radius 2 is 2.00 bits per heavy atom. The normalized spacial score (nSPS) is 15.7. The van der Waals surface area contributed by atoms with Crippen molar-refractivity contribution in [1.82, 2.24) is 9.88 Å². The van der Waals surface area contributed by atoms with Gasteiger partial charge in [-0.15, -0.1) is 11.3 Å². The lowest BCUT2D eigenvalue weighted by Crippen LogP contribution is -2.28. The summed E-state index contributed by atoms with van der Waals surface area (Å²) in [6, 6.07) is 14.4. The van der Waals surface area contributed by atoms with E-state index in [4.69, 9.17) is 9.41 Å². The maximum absolute atomic E-state index is 13.5. The first-order valence-corrected chi connectivity index (χ1v) is 15.0. The van der Waals surface area contributed by atoms with Crippen LogP contribution < -0.4 is 5.32 Å². The second kappa shape index (κ2) is 10.8. The van der Waals surface area contributed by atoms with Gasteiger partial charge in [0.1, 0.15) is 10.8 Å². The summed E-state index contributed by atoms with van der Waals surface area (Å²) < 4.78 is 8.89. The number of amides is 1. The van der Waals surface area contributed by atoms with Gasteiger partial charge in [-0.1, -0.05) is 20.8 Å². The van der Waals surface area contributed by atoms with Crippen molar-refractivity contribution < 1.29 is 9.21 Å². The zero-order valence-corrected chi connectivity index (χ0v) is 25.6. The molecule has 0 radical (unpaired) electrons. The summed E-state index contributed by atoms with van der Waals surface area (Å²) in [4.78, 5) is 19.8. The number of aryl methyl sites for hydroxylation is 1. The van der Waals surface area contributed by atoms with Crippen LogP contribution in [0.5, 0.6) is 0 Å². The lowest BCUT2D eigenvalue weighted by Gasteiger charge is -2.33. The monoisotopic (exact) mass is 639 g/mol. The fourth-order valence-electron chi connectivity index (χ4n) is 5.34. The summed E-state index contributed by atoms with van der Waals surface area (Å²) in [5.74, 6) is 1.25. The van der Waals surface area contributed by atoms with Gasteiger partial charge in [0.2, 0.25) is 0 Å². The van der Waals surface area contributed by atoms with Gasteiger partial charge in [-0.3, -0.25) is 4.79 Å². The van der Waals surface area contributed by atoms with Crippen molar-refractivity contribution in [1.29, 1.82) is 0 Å². The fraction of sp³-hybridized carbons (Fsp3) is 0.355. The largest absolute Gasteiger partial charge is 0.467 e. The average molecular weight is 640 g/mol. The molecule has 38 heavy (non-hydrogen) atoms. The highest BCUT2D eigenvalue weighted by molar-refractivity contribution is 14.1. The number of carbonyl (C=O) groups excluding carboxylic acids is 1. The van der Waals surface area contributed by atoms with Crippen LogP contribution >= 0.6 is 33.9 Å². The van der Waals surface area contributed by atoms with Crippen molar-refractivity contribution in [2.75, 3.05) is 0 Å². The number of halogens is 1. The Labute approximate surface area is 242 Å². The molecule has 1 aliphatic carbocycles. The van der Waals surface area contributed by atoms with Gasteiger partial charge in [0.25, 0.3) is 5.91 Å². The lowest BCUT2D eigenvalue weighted by atomic mass is 9.72. The van der Waals surface area contributed by atoms with Crippen LogP contribution in [-0.2, 0) is 19.4 Å². The summed E-state index contributed by atoms with van der Waals surface area (Å²) in [6.07, 6.45) is 6.55. The second-order valence-electron chi connectivity index (χ2n) is 11.1. The fourth-order valence-corrected chi connectivity index (χ4v) is 6.97. The first-order chi connectivity index (χ1) is 18.1. The van der Waals surface area contributed by atoms with E-state index in [2.05, 4.69) is 97.4 Å². The van der Waals surface area contributed by atoms with Crippen molar-refractivity contribution >= 4 is 51.1 Å². The van der Waals surface area contributed by atoms with E-state index in [0.717, 1.165) is 58.2 Å². The molecule has 1 amide bonds. The third-order valence-corrected chi connectivity index (χ3v) is 9.46. The van der Waals surface area contributed by atoms with Gasteiger partial charge in [0, 0.05) is 37.3 Å². The molecule has 4 aromatic rings. The smallest absolute Gasteiger partial charge is 0.255 e. The molecule has 1 aliphatic rings. The molecule has 0 saturated heterocycles. The molecule has 3 heterocycles. The number of aliphatic imine (C=N–C) groups is 1. The molecule has 0 fully saturated rings. The zero-order chi connectivity index (χ0) is 27.0. The Morgan fingerprint density at radius 1 is 1.24 bits per heavy atom. The molecule has 5 rings (SSSR count). The maximum atomic E-state index is 13.5. The third-order valence-electron chi connectivity index (χ3n) is 7.58. The molecule has 0 spiro atoms. The Balaban J connectivity index is 1.48. The number of furan rings is 1. The summed E-state index contributed by atoms with van der Waals surface area (Å²) >= 11 is 4.01. The van der Waals surface area contributed by atoms with Crippen molar-refractivity contribution in [2.45, 2.75) is 60.4 Å². The number of aromatic nitrogens is 1. The van der Waals surface area contributed by atoms with E-state index in [9.17, 15) is 4.79 Å². The third kappa shape index (κ3) is 5.54. The first-order valence-electron chi connectivity index (χ1n) is 13.1. The van der Waals surface area contributed by atoms with Gasteiger partial charge in [-0.2, -0.15) is 0 Å². The molecule has 1 aromatic carbocycles. The molecule has 0 saturated carbocycles. The molecule has 0 unspecified atom stereocenters. The van der Waals surface area contributed by atoms with Gasteiger partial charge in [0.05, 0.1) is 18.4 Å². The van der Waals surface area contributed by atoms with E-state index in [1.807, 2.05) is 18.3 Å². The minimum atomic E-state index is -0.0791. The van der Waals surface area contributed by atoms with E-state index in [1.165, 1.54) is 14.0 Å². The Morgan fingerprint density at radius 3 is 2.68 bits per heavy atom. The molecular formula is C31H34IN3O2S. The summed E-state index contributed by atoms with van der Waals surface area (Å²) in [7, 11) is 0. The first kappa shape index (κ1) is 26.9. The minimum Gasteiger partial charge on any atom is -0.467 e. The van der Waals surface area contributed by atoms with E-state index >= 15 is 0 Å². The number of hydrogen-bond acceptors (Lipinski definition) is 4. The quantitative estimate of drug-likeness (QED) is 0.171. The standard InChI is InChI=1S/C31H34IN3O2S/c1-19-15-21(20(2)35(19)24-11-9-23(32)10-12-24)17-34-30-28(29(36)33-18-25-7-6-14-37-25)26-13-8-22(31(3,4)5)16-27(26)38-30/h6-7,9-12,14-15,17,22H,8,13,16,18H2,1-5H3,(H,33,36)/t22-/m0/s1. The van der Waals surface area contributed by atoms with Gasteiger partial charge in [-0.05, 0) is 115 Å². The molecule has 1 atom stereocenters. The summed E-state index contributed by atoms with van der Waals surface area (Å²) in [6.45, 7) is 11.5. The highest BCUT2D eigenvalue weighted by Gasteiger charge is 2.33. The Bertz CT molecular complexity index is 1470. The number of rotatable bonds is 6. The van der Waals surface area contributed by atoms with Crippen LogP contribution in [-0.4, -0.2) is 16.7 Å².